The summed E-state index contributed by atoms with van der Waals surface area (Å²) in [6, 6.07) is 16.6. The standard InChI is InChI=1S/C25H29NO6/c1-16(2)32-24(25(28)29)23(18-8-5-4-6-9-18)31-15-19(27)14-30-21-12-11-17(3)20-10-7-13-26-22(20)21/h4-13,16,19,23-24,27H,14-15H2,1-3H3,(H,28,29). The van der Waals surface area contributed by atoms with Crippen molar-refractivity contribution in [3.8, 4) is 5.75 Å². The molecule has 1 heterocycles. The number of pyridine rings is 1. The van der Waals surface area contributed by atoms with Crippen molar-refractivity contribution in [2.24, 2.45) is 0 Å². The molecule has 3 aromatic rings. The summed E-state index contributed by atoms with van der Waals surface area (Å²) in [4.78, 5) is 16.2. The van der Waals surface area contributed by atoms with E-state index < -0.39 is 24.3 Å². The van der Waals surface area contributed by atoms with Crippen LogP contribution >= 0.6 is 0 Å². The topological polar surface area (TPSA) is 98.1 Å². The van der Waals surface area contributed by atoms with Crippen molar-refractivity contribution >= 4 is 16.9 Å². The number of carboxylic acid groups (broad SMARTS) is 1. The predicted octanol–water partition coefficient (Wildman–Crippen LogP) is 3.92. The second-order valence-electron chi connectivity index (χ2n) is 7.85. The molecule has 7 heteroatoms. The van der Waals surface area contributed by atoms with Crippen LogP contribution in [0.5, 0.6) is 5.75 Å². The number of aryl methyl sites for hydroxylation is 1. The summed E-state index contributed by atoms with van der Waals surface area (Å²) >= 11 is 0. The molecule has 0 aliphatic carbocycles. The Kier molecular flexibility index (Phi) is 8.16. The minimum atomic E-state index is -1.21. The van der Waals surface area contributed by atoms with Gasteiger partial charge in [0.15, 0.2) is 6.10 Å². The first-order chi connectivity index (χ1) is 15.4. The van der Waals surface area contributed by atoms with Crippen LogP contribution in [0, 0.1) is 6.92 Å². The number of ether oxygens (including phenoxy) is 3. The molecule has 3 rings (SSSR count). The lowest BCUT2D eigenvalue weighted by atomic mass is 10.0. The summed E-state index contributed by atoms with van der Waals surface area (Å²) in [7, 11) is 0. The molecule has 3 atom stereocenters. The Morgan fingerprint density at radius 3 is 2.47 bits per heavy atom. The molecule has 1 aromatic heterocycles. The number of aliphatic carboxylic acids is 1. The molecule has 2 aromatic carbocycles. The average molecular weight is 440 g/mol. The van der Waals surface area contributed by atoms with Gasteiger partial charge < -0.3 is 24.4 Å². The molecule has 0 saturated carbocycles. The molecule has 7 nitrogen and oxygen atoms in total. The number of aliphatic hydroxyl groups is 1. The van der Waals surface area contributed by atoms with E-state index in [1.807, 2.05) is 37.3 Å². The highest BCUT2D eigenvalue weighted by molar-refractivity contribution is 5.87. The first-order valence-electron chi connectivity index (χ1n) is 10.6. The van der Waals surface area contributed by atoms with Crippen LogP contribution in [0.4, 0.5) is 0 Å². The fourth-order valence-electron chi connectivity index (χ4n) is 3.41. The molecule has 0 amide bonds. The molecule has 2 N–H and O–H groups in total. The lowest BCUT2D eigenvalue weighted by Gasteiger charge is -2.27. The number of carboxylic acids is 1. The number of hydrogen-bond acceptors (Lipinski definition) is 6. The first kappa shape index (κ1) is 23.7. The van der Waals surface area contributed by atoms with Crippen LogP contribution in [0.25, 0.3) is 10.9 Å². The lowest BCUT2D eigenvalue weighted by Crippen LogP contribution is -2.36. The monoisotopic (exact) mass is 439 g/mol. The van der Waals surface area contributed by atoms with E-state index in [0.29, 0.717) is 11.3 Å². The Morgan fingerprint density at radius 1 is 1.03 bits per heavy atom. The molecule has 0 fully saturated rings. The predicted molar refractivity (Wildman–Crippen MR) is 121 cm³/mol. The number of hydrogen-bond donors (Lipinski definition) is 2. The summed E-state index contributed by atoms with van der Waals surface area (Å²) in [5.41, 5.74) is 2.46. The molecule has 0 aliphatic heterocycles. The molecule has 0 bridgehead atoms. The van der Waals surface area contributed by atoms with Gasteiger partial charge in [0, 0.05) is 11.6 Å². The molecule has 0 spiro atoms. The molecular weight excluding hydrogens is 410 g/mol. The maximum Gasteiger partial charge on any atom is 0.335 e. The molecule has 3 unspecified atom stereocenters. The molecule has 0 radical (unpaired) electrons. The lowest BCUT2D eigenvalue weighted by molar-refractivity contribution is -0.170. The largest absolute Gasteiger partial charge is 0.489 e. The number of fused-ring (bicyclic) bond motifs is 1. The fraction of sp³-hybridized carbons (Fsp3) is 0.360. The van der Waals surface area contributed by atoms with Crippen molar-refractivity contribution in [2.75, 3.05) is 13.2 Å². The Bertz CT molecular complexity index is 1020. The van der Waals surface area contributed by atoms with Gasteiger partial charge in [-0.1, -0.05) is 42.5 Å². The van der Waals surface area contributed by atoms with Crippen LogP contribution < -0.4 is 4.74 Å². The van der Waals surface area contributed by atoms with Crippen LogP contribution in [0.3, 0.4) is 0 Å². The zero-order valence-electron chi connectivity index (χ0n) is 18.5. The fourth-order valence-corrected chi connectivity index (χ4v) is 3.41. The van der Waals surface area contributed by atoms with Gasteiger partial charge >= 0.3 is 5.97 Å². The van der Waals surface area contributed by atoms with Crippen molar-refractivity contribution in [2.45, 2.75) is 45.2 Å². The number of carbonyl (C=O) groups is 1. The third-order valence-corrected chi connectivity index (χ3v) is 4.92. The van der Waals surface area contributed by atoms with Gasteiger partial charge in [-0.15, -0.1) is 0 Å². The normalized spacial score (nSPS) is 14.3. The molecule has 0 aliphatic rings. The van der Waals surface area contributed by atoms with E-state index in [4.69, 9.17) is 14.2 Å². The quantitative estimate of drug-likeness (QED) is 0.467. The highest BCUT2D eigenvalue weighted by Gasteiger charge is 2.32. The summed E-state index contributed by atoms with van der Waals surface area (Å²) in [5, 5.41) is 21.2. The number of benzene rings is 2. The smallest absolute Gasteiger partial charge is 0.335 e. The van der Waals surface area contributed by atoms with Crippen molar-refractivity contribution in [3.63, 3.8) is 0 Å². The van der Waals surface area contributed by atoms with Crippen LogP contribution in [0.1, 0.15) is 31.1 Å². The molecule has 32 heavy (non-hydrogen) atoms. The summed E-state index contributed by atoms with van der Waals surface area (Å²) in [6.45, 7) is 5.38. The zero-order valence-corrected chi connectivity index (χ0v) is 18.5. The van der Waals surface area contributed by atoms with E-state index in [1.165, 1.54) is 0 Å². The van der Waals surface area contributed by atoms with E-state index in [9.17, 15) is 15.0 Å². The number of aromatic nitrogens is 1. The number of rotatable bonds is 11. The van der Waals surface area contributed by atoms with Crippen molar-refractivity contribution in [3.05, 3.63) is 71.9 Å². The van der Waals surface area contributed by atoms with Gasteiger partial charge in [-0.05, 0) is 44.0 Å². The van der Waals surface area contributed by atoms with Gasteiger partial charge in [0.1, 0.15) is 30.1 Å². The van der Waals surface area contributed by atoms with Gasteiger partial charge in [0.05, 0.1) is 12.7 Å². The van der Waals surface area contributed by atoms with E-state index in [-0.39, 0.29) is 19.3 Å². The van der Waals surface area contributed by atoms with Crippen molar-refractivity contribution in [1.82, 2.24) is 4.98 Å². The van der Waals surface area contributed by atoms with Gasteiger partial charge in [-0.3, -0.25) is 4.98 Å². The number of nitrogens with zero attached hydrogens (tertiary/aromatic N) is 1. The van der Waals surface area contributed by atoms with Crippen molar-refractivity contribution < 1.29 is 29.2 Å². The summed E-state index contributed by atoms with van der Waals surface area (Å²) in [6.07, 6.45) is -1.68. The minimum Gasteiger partial charge on any atom is -0.489 e. The first-order valence-corrected chi connectivity index (χ1v) is 10.6. The Balaban J connectivity index is 1.68. The Morgan fingerprint density at radius 2 is 1.78 bits per heavy atom. The summed E-state index contributed by atoms with van der Waals surface area (Å²) < 4.78 is 17.3. The van der Waals surface area contributed by atoms with E-state index in [0.717, 1.165) is 16.5 Å². The molecule has 170 valence electrons. The SMILES string of the molecule is Cc1ccc(OCC(O)COC(c2ccccc2)C(OC(C)C)C(=O)O)c2ncccc12. The van der Waals surface area contributed by atoms with Crippen molar-refractivity contribution in [1.29, 1.82) is 0 Å². The van der Waals surface area contributed by atoms with Gasteiger partial charge in [0.25, 0.3) is 0 Å². The van der Waals surface area contributed by atoms with Gasteiger partial charge in [0.2, 0.25) is 0 Å². The zero-order chi connectivity index (χ0) is 23.1. The van der Waals surface area contributed by atoms with E-state index in [1.54, 1.807) is 44.3 Å². The van der Waals surface area contributed by atoms with Gasteiger partial charge in [-0.25, -0.2) is 4.79 Å². The maximum absolute atomic E-state index is 11.9. The van der Waals surface area contributed by atoms with Crippen LogP contribution in [0.15, 0.2) is 60.8 Å². The van der Waals surface area contributed by atoms with Crippen LogP contribution in [-0.4, -0.2) is 52.7 Å². The summed E-state index contributed by atoms with van der Waals surface area (Å²) in [5.74, 6) is -0.563. The van der Waals surface area contributed by atoms with Crippen LogP contribution in [0.2, 0.25) is 0 Å². The van der Waals surface area contributed by atoms with E-state index >= 15 is 0 Å². The number of aliphatic hydroxyl groups excluding tert-OH is 1. The average Bonchev–Trinajstić information content (AvgIpc) is 2.78. The Hall–Kier alpha value is -3.00. The second kappa shape index (κ2) is 11.0. The minimum absolute atomic E-state index is 0.0287. The van der Waals surface area contributed by atoms with Gasteiger partial charge in [-0.2, -0.15) is 0 Å². The highest BCUT2D eigenvalue weighted by atomic mass is 16.6. The highest BCUT2D eigenvalue weighted by Crippen LogP contribution is 2.27. The third-order valence-electron chi connectivity index (χ3n) is 4.92. The second-order valence-corrected chi connectivity index (χ2v) is 7.85. The Labute approximate surface area is 187 Å². The van der Waals surface area contributed by atoms with Crippen LogP contribution in [-0.2, 0) is 14.3 Å². The maximum atomic E-state index is 11.9. The van der Waals surface area contributed by atoms with E-state index in [2.05, 4.69) is 4.98 Å². The third kappa shape index (κ3) is 6.03. The molecule has 0 saturated heterocycles. The molecular formula is C25H29NO6.